The maximum atomic E-state index is 11.2. The topological polar surface area (TPSA) is 43.1 Å². The zero-order chi connectivity index (χ0) is 10.7. The third-order valence-electron chi connectivity index (χ3n) is 2.39. The van der Waals surface area contributed by atoms with Gasteiger partial charge in [0, 0.05) is 5.88 Å². The zero-order valence-electron chi connectivity index (χ0n) is 8.38. The smallest absolute Gasteiger partial charge is 0.226 e. The molecule has 1 rings (SSSR count). The van der Waals surface area contributed by atoms with E-state index >= 15 is 0 Å². The number of aryl methyl sites for hydroxylation is 2. The molecule has 2 nitrogen and oxygen atoms in total. The van der Waals surface area contributed by atoms with E-state index in [-0.39, 0.29) is 17.7 Å². The monoisotopic (exact) mass is 211 g/mol. The van der Waals surface area contributed by atoms with E-state index in [9.17, 15) is 4.79 Å². The van der Waals surface area contributed by atoms with Crippen molar-refractivity contribution in [2.75, 3.05) is 5.88 Å². The first kappa shape index (κ1) is 11.1. The summed E-state index contributed by atoms with van der Waals surface area (Å²) in [6.07, 6.45) is 0. The molecule has 0 saturated heterocycles. The summed E-state index contributed by atoms with van der Waals surface area (Å²) in [5.41, 5.74) is 8.39. The minimum Gasteiger partial charge on any atom is -0.369 e. The molecule has 0 aliphatic carbocycles. The lowest BCUT2D eigenvalue weighted by molar-refractivity contribution is -0.119. The van der Waals surface area contributed by atoms with Crippen molar-refractivity contribution >= 4 is 17.5 Å². The number of alkyl halides is 1. The molecule has 0 aliphatic heterocycles. The molecule has 0 saturated carbocycles. The standard InChI is InChI=1S/C11H14ClNO/c1-7-4-3-5-8(2)10(7)9(6-12)11(13)14/h3-5,9H,6H2,1-2H3,(H2,13,14). The quantitative estimate of drug-likeness (QED) is 0.765. The first-order valence-corrected chi connectivity index (χ1v) is 5.02. The lowest BCUT2D eigenvalue weighted by Crippen LogP contribution is -2.24. The molecule has 14 heavy (non-hydrogen) atoms. The number of carbonyl (C=O) groups is 1. The van der Waals surface area contributed by atoms with E-state index in [1.165, 1.54) is 0 Å². The number of hydrogen-bond donors (Lipinski definition) is 1. The number of rotatable bonds is 3. The van der Waals surface area contributed by atoms with Gasteiger partial charge in [0.05, 0.1) is 5.92 Å². The lowest BCUT2D eigenvalue weighted by atomic mass is 9.91. The highest BCUT2D eigenvalue weighted by molar-refractivity contribution is 6.20. The first-order valence-electron chi connectivity index (χ1n) is 4.49. The predicted molar refractivity (Wildman–Crippen MR) is 58.6 cm³/mol. The van der Waals surface area contributed by atoms with Crippen LogP contribution < -0.4 is 5.73 Å². The van der Waals surface area contributed by atoms with E-state index in [4.69, 9.17) is 17.3 Å². The van der Waals surface area contributed by atoms with Gasteiger partial charge in [-0.3, -0.25) is 4.79 Å². The highest BCUT2D eigenvalue weighted by Gasteiger charge is 2.20. The van der Waals surface area contributed by atoms with Crippen LogP contribution in [0.4, 0.5) is 0 Å². The second-order valence-corrected chi connectivity index (χ2v) is 3.72. The molecule has 0 aliphatic rings. The molecule has 0 aromatic heterocycles. The molecule has 76 valence electrons. The summed E-state index contributed by atoms with van der Waals surface area (Å²) >= 11 is 5.74. The van der Waals surface area contributed by atoms with Gasteiger partial charge < -0.3 is 5.73 Å². The Morgan fingerprint density at radius 1 is 1.43 bits per heavy atom. The average Bonchev–Trinajstić information content (AvgIpc) is 2.10. The maximum Gasteiger partial charge on any atom is 0.226 e. The Balaban J connectivity index is 3.22. The van der Waals surface area contributed by atoms with E-state index in [0.29, 0.717) is 0 Å². The molecular weight excluding hydrogens is 198 g/mol. The van der Waals surface area contributed by atoms with Crippen LogP contribution in [-0.2, 0) is 4.79 Å². The maximum absolute atomic E-state index is 11.2. The number of nitrogens with two attached hydrogens (primary N) is 1. The van der Waals surface area contributed by atoms with Crippen LogP contribution in [-0.4, -0.2) is 11.8 Å². The van der Waals surface area contributed by atoms with Crippen LogP contribution in [0.5, 0.6) is 0 Å². The van der Waals surface area contributed by atoms with Crippen LogP contribution in [0.3, 0.4) is 0 Å². The summed E-state index contributed by atoms with van der Waals surface area (Å²) < 4.78 is 0. The number of carbonyl (C=O) groups excluding carboxylic acids is 1. The highest BCUT2D eigenvalue weighted by atomic mass is 35.5. The number of halogens is 1. The van der Waals surface area contributed by atoms with Gasteiger partial charge in [0.2, 0.25) is 5.91 Å². The fraction of sp³-hybridized carbons (Fsp3) is 0.364. The van der Waals surface area contributed by atoms with Gasteiger partial charge in [-0.1, -0.05) is 18.2 Å². The van der Waals surface area contributed by atoms with Gasteiger partial charge in [0.15, 0.2) is 0 Å². The summed E-state index contributed by atoms with van der Waals surface area (Å²) in [5.74, 6) is -0.503. The molecule has 0 radical (unpaired) electrons. The van der Waals surface area contributed by atoms with Crippen molar-refractivity contribution in [3.63, 3.8) is 0 Å². The number of hydrogen-bond acceptors (Lipinski definition) is 1. The second-order valence-electron chi connectivity index (χ2n) is 3.41. The van der Waals surface area contributed by atoms with Crippen molar-refractivity contribution in [1.29, 1.82) is 0 Å². The van der Waals surface area contributed by atoms with E-state index in [1.54, 1.807) is 0 Å². The Hall–Kier alpha value is -1.02. The molecule has 0 heterocycles. The minimum atomic E-state index is -0.377. The number of amides is 1. The Morgan fingerprint density at radius 3 is 2.29 bits per heavy atom. The zero-order valence-corrected chi connectivity index (χ0v) is 9.14. The van der Waals surface area contributed by atoms with Gasteiger partial charge >= 0.3 is 0 Å². The molecule has 3 heteroatoms. The van der Waals surface area contributed by atoms with Gasteiger partial charge in [0.25, 0.3) is 0 Å². The van der Waals surface area contributed by atoms with E-state index in [1.807, 2.05) is 32.0 Å². The van der Waals surface area contributed by atoms with Gasteiger partial charge in [-0.2, -0.15) is 0 Å². The Bertz CT molecular complexity index is 329. The molecule has 0 bridgehead atoms. The summed E-state index contributed by atoms with van der Waals surface area (Å²) in [6.45, 7) is 3.93. The fourth-order valence-corrected chi connectivity index (χ4v) is 1.98. The van der Waals surface area contributed by atoms with Crippen molar-refractivity contribution in [2.45, 2.75) is 19.8 Å². The second kappa shape index (κ2) is 4.47. The van der Waals surface area contributed by atoms with Crippen molar-refractivity contribution in [1.82, 2.24) is 0 Å². The Labute approximate surface area is 89.1 Å². The molecule has 1 aromatic carbocycles. The van der Waals surface area contributed by atoms with Crippen LogP contribution in [0, 0.1) is 13.8 Å². The molecule has 1 atom stereocenters. The Kier molecular flexibility index (Phi) is 3.53. The first-order chi connectivity index (χ1) is 6.57. The van der Waals surface area contributed by atoms with Crippen LogP contribution >= 0.6 is 11.6 Å². The average molecular weight is 212 g/mol. The van der Waals surface area contributed by atoms with Crippen molar-refractivity contribution in [3.8, 4) is 0 Å². The van der Waals surface area contributed by atoms with Crippen LogP contribution in [0.15, 0.2) is 18.2 Å². The lowest BCUT2D eigenvalue weighted by Gasteiger charge is -2.15. The molecule has 2 N–H and O–H groups in total. The highest BCUT2D eigenvalue weighted by Crippen LogP contribution is 2.24. The largest absolute Gasteiger partial charge is 0.369 e. The molecule has 0 spiro atoms. The molecule has 0 fully saturated rings. The van der Waals surface area contributed by atoms with Crippen LogP contribution in [0.1, 0.15) is 22.6 Å². The van der Waals surface area contributed by atoms with Crippen molar-refractivity contribution < 1.29 is 4.79 Å². The fourth-order valence-electron chi connectivity index (χ4n) is 1.67. The predicted octanol–water partition coefficient (Wildman–Crippen LogP) is 2.11. The number of benzene rings is 1. The van der Waals surface area contributed by atoms with Crippen molar-refractivity contribution in [2.24, 2.45) is 5.73 Å². The molecular formula is C11H14ClNO. The Morgan fingerprint density at radius 2 is 1.93 bits per heavy atom. The third kappa shape index (κ3) is 2.07. The van der Waals surface area contributed by atoms with E-state index in [0.717, 1.165) is 16.7 Å². The summed E-state index contributed by atoms with van der Waals surface area (Å²) in [4.78, 5) is 11.2. The van der Waals surface area contributed by atoms with Gasteiger partial charge in [-0.25, -0.2) is 0 Å². The van der Waals surface area contributed by atoms with E-state index in [2.05, 4.69) is 0 Å². The SMILES string of the molecule is Cc1cccc(C)c1C(CCl)C(N)=O. The van der Waals surface area contributed by atoms with Gasteiger partial charge in [-0.05, 0) is 30.5 Å². The minimum absolute atomic E-state index is 0.237. The molecule has 1 aromatic rings. The number of primary amides is 1. The van der Waals surface area contributed by atoms with E-state index < -0.39 is 0 Å². The third-order valence-corrected chi connectivity index (χ3v) is 2.70. The molecule has 1 unspecified atom stereocenters. The summed E-state index contributed by atoms with van der Waals surface area (Å²) in [6, 6.07) is 5.89. The molecule has 1 amide bonds. The van der Waals surface area contributed by atoms with Crippen molar-refractivity contribution in [3.05, 3.63) is 34.9 Å². The summed E-state index contributed by atoms with van der Waals surface area (Å²) in [7, 11) is 0. The van der Waals surface area contributed by atoms with Gasteiger partial charge in [0.1, 0.15) is 0 Å². The van der Waals surface area contributed by atoms with Crippen LogP contribution in [0.25, 0.3) is 0 Å². The van der Waals surface area contributed by atoms with Crippen LogP contribution in [0.2, 0.25) is 0 Å². The normalized spacial score (nSPS) is 12.5. The summed E-state index contributed by atoms with van der Waals surface area (Å²) in [5, 5.41) is 0. The van der Waals surface area contributed by atoms with Gasteiger partial charge in [-0.15, -0.1) is 11.6 Å².